The van der Waals surface area contributed by atoms with Crippen molar-refractivity contribution < 1.29 is 9.59 Å². The molecule has 2 amide bonds. The predicted molar refractivity (Wildman–Crippen MR) is 188 cm³/mol. The molecule has 48 heavy (non-hydrogen) atoms. The number of hydrogen-bond donors (Lipinski definition) is 3. The Morgan fingerprint density at radius 3 is 2.60 bits per heavy atom. The second-order valence-electron chi connectivity index (χ2n) is 13.7. The Kier molecular flexibility index (Phi) is 9.02. The summed E-state index contributed by atoms with van der Waals surface area (Å²) in [5.41, 5.74) is 6.17. The first kappa shape index (κ1) is 31.7. The third-order valence-corrected chi connectivity index (χ3v) is 10.5. The lowest BCUT2D eigenvalue weighted by Crippen LogP contribution is -2.37. The van der Waals surface area contributed by atoms with Gasteiger partial charge < -0.3 is 15.6 Å². The molecule has 7 rings (SSSR count). The number of aromatic nitrogens is 3. The Balaban J connectivity index is 0.927. The van der Waals surface area contributed by atoms with Gasteiger partial charge in [-0.1, -0.05) is 55.8 Å². The number of rotatable bonds is 9. The van der Waals surface area contributed by atoms with Gasteiger partial charge in [-0.15, -0.1) is 10.2 Å². The first-order valence-electron chi connectivity index (χ1n) is 17.3. The van der Waals surface area contributed by atoms with E-state index in [4.69, 9.17) is 5.11 Å². The highest BCUT2D eigenvalue weighted by atomic mass is 16.2. The van der Waals surface area contributed by atoms with Crippen LogP contribution in [0.5, 0.6) is 0 Å². The monoisotopic (exact) mass is 641 g/mol. The normalized spacial score (nSPS) is 23.4. The van der Waals surface area contributed by atoms with Gasteiger partial charge in [0, 0.05) is 23.0 Å². The molecule has 0 spiro atoms. The maximum Gasteiger partial charge on any atom is 0.230 e. The van der Waals surface area contributed by atoms with Crippen molar-refractivity contribution in [2.45, 2.75) is 89.0 Å². The van der Waals surface area contributed by atoms with Crippen molar-refractivity contribution >= 4 is 34.6 Å². The summed E-state index contributed by atoms with van der Waals surface area (Å²) in [6.45, 7) is 4.39. The Hall–Kier alpha value is -4.92. The fourth-order valence-electron chi connectivity index (χ4n) is 7.76. The zero-order valence-electron chi connectivity index (χ0n) is 27.7. The van der Waals surface area contributed by atoms with E-state index in [1.165, 1.54) is 11.1 Å². The van der Waals surface area contributed by atoms with Gasteiger partial charge in [0.25, 0.3) is 0 Å². The van der Waals surface area contributed by atoms with Crippen LogP contribution in [0, 0.1) is 5.92 Å². The van der Waals surface area contributed by atoms with Gasteiger partial charge in [-0.3, -0.25) is 9.59 Å². The number of amides is 2. The van der Waals surface area contributed by atoms with Gasteiger partial charge in [-0.25, -0.2) is 0 Å². The molecule has 3 aliphatic rings. The minimum Gasteiger partial charge on any atom is -0.361 e. The summed E-state index contributed by atoms with van der Waals surface area (Å²) in [7, 11) is 0. The SMILES string of the molecule is CCC1CC=Cc2c(CC(=O)NC3=CCC(C)(C4CCCC(c5ccc(NC(=O)Cc6cccc7[nH]ccc67)nn5)C4)N=N3)cccc21. The summed E-state index contributed by atoms with van der Waals surface area (Å²) in [6.07, 6.45) is 15.9. The van der Waals surface area contributed by atoms with E-state index in [-0.39, 0.29) is 29.7 Å². The first-order valence-corrected chi connectivity index (χ1v) is 17.3. The number of hydrogen-bond acceptors (Lipinski definition) is 6. The molecule has 4 unspecified atom stereocenters. The summed E-state index contributed by atoms with van der Waals surface area (Å²) in [5, 5.41) is 25.1. The molecule has 0 radical (unpaired) electrons. The summed E-state index contributed by atoms with van der Waals surface area (Å²) in [4.78, 5) is 29.0. The third-order valence-electron chi connectivity index (χ3n) is 10.5. The Morgan fingerprint density at radius 2 is 1.79 bits per heavy atom. The number of aromatic amines is 1. The number of nitrogens with zero attached hydrogens (tertiary/aromatic N) is 4. The van der Waals surface area contributed by atoms with E-state index in [2.05, 4.69) is 75.1 Å². The van der Waals surface area contributed by atoms with Crippen molar-refractivity contribution in [3.63, 3.8) is 0 Å². The zero-order valence-corrected chi connectivity index (χ0v) is 27.7. The van der Waals surface area contributed by atoms with Crippen molar-refractivity contribution in [3.8, 4) is 0 Å². The summed E-state index contributed by atoms with van der Waals surface area (Å²) >= 11 is 0. The van der Waals surface area contributed by atoms with Gasteiger partial charge in [0.2, 0.25) is 11.8 Å². The maximum atomic E-state index is 13.1. The highest BCUT2D eigenvalue weighted by molar-refractivity contribution is 5.95. The number of azo groups is 1. The van der Waals surface area contributed by atoms with Crippen molar-refractivity contribution in [2.24, 2.45) is 16.1 Å². The topological polar surface area (TPSA) is 124 Å². The van der Waals surface area contributed by atoms with Crippen LogP contribution in [0.15, 0.2) is 89.0 Å². The molecule has 0 saturated heterocycles. The van der Waals surface area contributed by atoms with Gasteiger partial charge in [-0.05, 0) is 110 Å². The second kappa shape index (κ2) is 13.7. The van der Waals surface area contributed by atoms with Gasteiger partial charge in [-0.2, -0.15) is 10.2 Å². The van der Waals surface area contributed by atoms with E-state index in [1.807, 2.05) is 48.7 Å². The zero-order chi connectivity index (χ0) is 33.1. The Morgan fingerprint density at radius 1 is 0.958 bits per heavy atom. The van der Waals surface area contributed by atoms with Crippen LogP contribution in [0.4, 0.5) is 5.82 Å². The largest absolute Gasteiger partial charge is 0.361 e. The molecule has 1 aliphatic heterocycles. The van der Waals surface area contributed by atoms with Crippen molar-refractivity contribution in [3.05, 3.63) is 107 Å². The Labute approximate surface area is 281 Å². The van der Waals surface area contributed by atoms with Crippen LogP contribution in [0.1, 0.15) is 98.6 Å². The molecule has 9 heteroatoms. The van der Waals surface area contributed by atoms with Crippen molar-refractivity contribution in [1.29, 1.82) is 0 Å². The third kappa shape index (κ3) is 6.72. The summed E-state index contributed by atoms with van der Waals surface area (Å²) in [5.74, 6) is 1.91. The molecule has 2 aliphatic carbocycles. The van der Waals surface area contributed by atoms with Crippen LogP contribution in [0.3, 0.4) is 0 Å². The highest BCUT2D eigenvalue weighted by Gasteiger charge is 2.39. The summed E-state index contributed by atoms with van der Waals surface area (Å²) < 4.78 is 0. The molecule has 4 atom stereocenters. The van der Waals surface area contributed by atoms with E-state index in [1.54, 1.807) is 0 Å². The smallest absolute Gasteiger partial charge is 0.230 e. The lowest BCUT2D eigenvalue weighted by Gasteiger charge is -2.39. The van der Waals surface area contributed by atoms with Crippen LogP contribution in [-0.4, -0.2) is 32.5 Å². The van der Waals surface area contributed by atoms with E-state index in [0.29, 0.717) is 29.9 Å². The fourth-order valence-corrected chi connectivity index (χ4v) is 7.76. The molecular weight excluding hydrogens is 598 g/mol. The van der Waals surface area contributed by atoms with E-state index in [0.717, 1.165) is 72.7 Å². The molecule has 2 aromatic carbocycles. The molecular formula is C39H43N7O2. The van der Waals surface area contributed by atoms with E-state index < -0.39 is 0 Å². The molecule has 9 nitrogen and oxygen atoms in total. The first-order chi connectivity index (χ1) is 23.4. The molecule has 3 heterocycles. The van der Waals surface area contributed by atoms with Crippen molar-refractivity contribution in [2.75, 3.05) is 5.32 Å². The molecule has 1 fully saturated rings. The minimum absolute atomic E-state index is 0.0711. The van der Waals surface area contributed by atoms with Crippen LogP contribution in [0.2, 0.25) is 0 Å². The van der Waals surface area contributed by atoms with Crippen LogP contribution >= 0.6 is 0 Å². The summed E-state index contributed by atoms with van der Waals surface area (Å²) in [6, 6.07) is 18.1. The van der Waals surface area contributed by atoms with Gasteiger partial charge in [0.1, 0.15) is 0 Å². The molecule has 1 saturated carbocycles. The molecule has 3 N–H and O–H groups in total. The number of benzene rings is 2. The van der Waals surface area contributed by atoms with Crippen LogP contribution in [0.25, 0.3) is 17.0 Å². The second-order valence-corrected chi connectivity index (χ2v) is 13.7. The van der Waals surface area contributed by atoms with Crippen LogP contribution in [-0.2, 0) is 22.4 Å². The number of H-pyrrole nitrogens is 1. The van der Waals surface area contributed by atoms with Crippen molar-refractivity contribution in [1.82, 2.24) is 20.5 Å². The molecule has 246 valence electrons. The number of carbonyl (C=O) groups excluding carboxylic acids is 2. The van der Waals surface area contributed by atoms with Crippen LogP contribution < -0.4 is 10.6 Å². The lowest BCUT2D eigenvalue weighted by molar-refractivity contribution is -0.119. The Bertz CT molecular complexity index is 1910. The predicted octanol–water partition coefficient (Wildman–Crippen LogP) is 8.14. The number of allylic oxidation sites excluding steroid dienone is 1. The van der Waals surface area contributed by atoms with Gasteiger partial charge >= 0.3 is 0 Å². The molecule has 4 aromatic rings. The standard InChI is InChI=1S/C39H43N7O2/c1-3-25-8-5-14-31-26(9-6-13-30(25)31)23-37(47)42-36-18-20-39(2,46-45-36)29-12-4-11-28(22-29)33-16-17-35(44-43-33)41-38(48)24-27-10-7-15-34-32(27)19-21-40-34/h5-7,9-10,13-19,21,25,28-29,40H,3-4,8,11-12,20,22-24H2,1-2H3,(H,42,47)(H,41,44,48). The average molecular weight is 642 g/mol. The number of anilines is 1. The number of nitrogens with one attached hydrogen (secondary N) is 3. The number of fused-ring (bicyclic) bond motifs is 2. The molecule has 0 bridgehead atoms. The van der Waals surface area contributed by atoms with E-state index in [9.17, 15) is 9.59 Å². The quantitative estimate of drug-likeness (QED) is 0.171. The van der Waals surface area contributed by atoms with E-state index >= 15 is 0 Å². The highest BCUT2D eigenvalue weighted by Crippen LogP contribution is 2.44. The number of carbonyl (C=O) groups is 2. The average Bonchev–Trinajstić information content (AvgIpc) is 3.60. The van der Waals surface area contributed by atoms with Gasteiger partial charge in [0.15, 0.2) is 11.6 Å². The molecule has 2 aromatic heterocycles. The lowest BCUT2D eigenvalue weighted by atomic mass is 9.70. The van der Waals surface area contributed by atoms with Gasteiger partial charge in [0.05, 0.1) is 24.1 Å². The minimum atomic E-state index is -0.338. The fraction of sp³-hybridized carbons (Fsp3) is 0.385. The maximum absolute atomic E-state index is 13.1.